The van der Waals surface area contributed by atoms with Crippen LogP contribution in [0.5, 0.6) is 0 Å². The normalized spacial score (nSPS) is 12.3. The van der Waals surface area contributed by atoms with Crippen molar-refractivity contribution in [3.8, 4) is 0 Å². The van der Waals surface area contributed by atoms with E-state index in [1.807, 2.05) is 0 Å². The maximum atomic E-state index is 10.6. The number of halogens is 3. The summed E-state index contributed by atoms with van der Waals surface area (Å²) in [6, 6.07) is -0.902. The second-order valence-corrected chi connectivity index (χ2v) is 4.00. The molecule has 114 valence electrons. The van der Waals surface area contributed by atoms with Gasteiger partial charge in [-0.25, -0.2) is 9.78 Å². The van der Waals surface area contributed by atoms with E-state index < -0.39 is 24.2 Å². The van der Waals surface area contributed by atoms with Crippen molar-refractivity contribution in [3.63, 3.8) is 0 Å². The van der Waals surface area contributed by atoms with Crippen molar-refractivity contribution in [3.05, 3.63) is 12.0 Å². The number of aliphatic carboxylic acids is 2. The number of aromatic nitrogens is 2. The molecule has 0 aliphatic rings. The van der Waals surface area contributed by atoms with Gasteiger partial charge in [0.05, 0.1) is 12.0 Å². The number of alkyl halides is 3. The minimum absolute atomic E-state index is 0.241. The first-order chi connectivity index (χ1) is 8.96. The van der Waals surface area contributed by atoms with E-state index in [1.165, 1.54) is 0 Å². The number of hydrogen-bond acceptors (Lipinski definition) is 5. The lowest BCUT2D eigenvalue weighted by Crippen LogP contribution is -2.33. The van der Waals surface area contributed by atoms with Gasteiger partial charge in [-0.1, -0.05) is 0 Å². The highest BCUT2D eigenvalue weighted by Crippen LogP contribution is 2.13. The van der Waals surface area contributed by atoms with Crippen molar-refractivity contribution in [2.24, 2.45) is 12.8 Å². The number of nitrogens with zero attached hydrogens (tertiary/aromatic N) is 2. The maximum absolute atomic E-state index is 10.6. The molecular weight excluding hydrogens is 303 g/mol. The lowest BCUT2D eigenvalue weighted by atomic mass is 10.2. The Balaban J connectivity index is 0.000000441. The number of rotatable bonds is 3. The van der Waals surface area contributed by atoms with Crippen LogP contribution in [0, 0.1) is 0 Å². The minimum atomic E-state index is -5.08. The fourth-order valence-corrected chi connectivity index (χ4v) is 1.27. The smallest absolute Gasteiger partial charge is 0.480 e. The van der Waals surface area contributed by atoms with Gasteiger partial charge >= 0.3 is 18.1 Å². The van der Waals surface area contributed by atoms with E-state index >= 15 is 0 Å². The predicted molar refractivity (Wildman–Crippen MR) is 63.5 cm³/mol. The van der Waals surface area contributed by atoms with Crippen molar-refractivity contribution in [1.82, 2.24) is 9.55 Å². The monoisotopic (exact) mass is 315 g/mol. The second kappa shape index (κ2) is 7.14. The van der Waals surface area contributed by atoms with E-state index in [0.29, 0.717) is 5.03 Å². The van der Waals surface area contributed by atoms with Gasteiger partial charge in [-0.05, 0) is 0 Å². The molecule has 1 aromatic heterocycles. The van der Waals surface area contributed by atoms with E-state index in [0.717, 1.165) is 5.69 Å². The van der Waals surface area contributed by atoms with Crippen LogP contribution in [-0.4, -0.2) is 43.9 Å². The average Bonchev–Trinajstić information content (AvgIpc) is 2.60. The number of thiol groups is 1. The third kappa shape index (κ3) is 5.93. The van der Waals surface area contributed by atoms with E-state index in [4.69, 9.17) is 20.7 Å². The summed E-state index contributed by atoms with van der Waals surface area (Å²) in [5.74, 6) is -3.78. The molecule has 1 heterocycles. The Morgan fingerprint density at radius 2 is 1.95 bits per heavy atom. The van der Waals surface area contributed by atoms with Gasteiger partial charge < -0.3 is 20.5 Å². The molecule has 1 aromatic rings. The molecule has 0 fully saturated rings. The molecule has 0 unspecified atom stereocenters. The number of imidazole rings is 1. The lowest BCUT2D eigenvalue weighted by Gasteiger charge is -2.07. The molecule has 0 radical (unpaired) electrons. The molecule has 1 atom stereocenters. The first kappa shape index (κ1) is 18.2. The Morgan fingerprint density at radius 3 is 2.20 bits per heavy atom. The van der Waals surface area contributed by atoms with Crippen LogP contribution in [0.1, 0.15) is 5.69 Å². The van der Waals surface area contributed by atoms with Crippen LogP contribution in [0.3, 0.4) is 0 Å². The van der Waals surface area contributed by atoms with Crippen LogP contribution in [0.2, 0.25) is 0 Å². The molecule has 4 N–H and O–H groups in total. The molecule has 20 heavy (non-hydrogen) atoms. The molecule has 0 amide bonds. The Bertz CT molecular complexity index is 470. The highest BCUT2D eigenvalue weighted by molar-refractivity contribution is 7.80. The highest BCUT2D eigenvalue weighted by atomic mass is 32.1. The summed E-state index contributed by atoms with van der Waals surface area (Å²) < 4.78 is 33.4. The summed E-state index contributed by atoms with van der Waals surface area (Å²) in [5.41, 5.74) is 6.11. The van der Waals surface area contributed by atoms with Gasteiger partial charge in [-0.15, -0.1) is 12.6 Å². The predicted octanol–water partition coefficient (Wildman–Crippen LogP) is 0.297. The van der Waals surface area contributed by atoms with E-state index in [9.17, 15) is 18.0 Å². The van der Waals surface area contributed by atoms with Crippen molar-refractivity contribution in [2.45, 2.75) is 23.7 Å². The van der Waals surface area contributed by atoms with Gasteiger partial charge in [-0.2, -0.15) is 13.2 Å². The first-order valence-corrected chi connectivity index (χ1v) is 5.39. The molecular formula is C9H12F3N3O4S. The topological polar surface area (TPSA) is 118 Å². The fraction of sp³-hybridized carbons (Fsp3) is 0.444. The summed E-state index contributed by atoms with van der Waals surface area (Å²) >= 11 is 4.08. The Labute approximate surface area is 116 Å². The summed E-state index contributed by atoms with van der Waals surface area (Å²) in [7, 11) is 1.77. The Kier molecular flexibility index (Phi) is 6.52. The van der Waals surface area contributed by atoms with Crippen LogP contribution in [-0.2, 0) is 23.1 Å². The summed E-state index contributed by atoms with van der Waals surface area (Å²) in [4.78, 5) is 23.3. The fourth-order valence-electron chi connectivity index (χ4n) is 0.974. The number of aryl methyl sites for hydroxylation is 1. The van der Waals surface area contributed by atoms with Crippen molar-refractivity contribution in [2.75, 3.05) is 0 Å². The highest BCUT2D eigenvalue weighted by Gasteiger charge is 2.38. The molecule has 11 heteroatoms. The van der Waals surface area contributed by atoms with Gasteiger partial charge in [0.25, 0.3) is 0 Å². The number of nitrogens with two attached hydrogens (primary N) is 1. The molecule has 0 aliphatic carbocycles. The molecule has 0 bridgehead atoms. The van der Waals surface area contributed by atoms with Crippen molar-refractivity contribution < 1.29 is 33.0 Å². The zero-order valence-corrected chi connectivity index (χ0v) is 11.0. The van der Waals surface area contributed by atoms with Crippen LogP contribution in [0.4, 0.5) is 13.2 Å². The van der Waals surface area contributed by atoms with Crippen LogP contribution < -0.4 is 5.73 Å². The molecule has 0 aromatic carbocycles. The molecule has 0 saturated heterocycles. The third-order valence-electron chi connectivity index (χ3n) is 2.01. The largest absolute Gasteiger partial charge is 0.490 e. The van der Waals surface area contributed by atoms with E-state index in [-0.39, 0.29) is 6.42 Å². The second-order valence-electron chi connectivity index (χ2n) is 3.58. The van der Waals surface area contributed by atoms with Gasteiger partial charge in [0.2, 0.25) is 0 Å². The minimum Gasteiger partial charge on any atom is -0.480 e. The van der Waals surface area contributed by atoms with Gasteiger partial charge in [-0.3, -0.25) is 4.79 Å². The maximum Gasteiger partial charge on any atom is 0.490 e. The van der Waals surface area contributed by atoms with Crippen molar-refractivity contribution >= 4 is 24.6 Å². The van der Waals surface area contributed by atoms with Gasteiger partial charge in [0, 0.05) is 13.5 Å². The SMILES string of the molecule is Cn1cnc(S)c1C[C@H](N)C(=O)O.O=C(O)C(F)(F)F. The van der Waals surface area contributed by atoms with Gasteiger partial charge in [0.1, 0.15) is 11.1 Å². The van der Waals surface area contributed by atoms with Gasteiger partial charge in [0.15, 0.2) is 0 Å². The molecule has 0 spiro atoms. The first-order valence-electron chi connectivity index (χ1n) is 4.94. The number of carboxylic acid groups (broad SMARTS) is 2. The van der Waals surface area contributed by atoms with E-state index in [1.54, 1.807) is 17.9 Å². The standard InChI is InChI=1S/C7H11N3O2S.C2HF3O2/c1-10-3-9-6(13)5(10)2-4(8)7(11)12;3-2(4,5)1(6)7/h3-4,13H,2,8H2,1H3,(H,11,12);(H,6,7)/t4-;/m0./s1. The summed E-state index contributed by atoms with van der Waals surface area (Å²) in [6.07, 6.45) is -3.27. The summed E-state index contributed by atoms with van der Waals surface area (Å²) in [6.45, 7) is 0. The summed E-state index contributed by atoms with van der Waals surface area (Å²) in [5, 5.41) is 16.2. The zero-order valence-electron chi connectivity index (χ0n) is 10.1. The van der Waals surface area contributed by atoms with Crippen molar-refractivity contribution in [1.29, 1.82) is 0 Å². The number of carboxylic acids is 2. The van der Waals surface area contributed by atoms with Crippen LogP contribution in [0.15, 0.2) is 11.4 Å². The number of carbonyl (C=O) groups is 2. The van der Waals surface area contributed by atoms with Crippen LogP contribution >= 0.6 is 12.6 Å². The molecule has 0 aliphatic heterocycles. The van der Waals surface area contributed by atoms with E-state index in [2.05, 4.69) is 17.6 Å². The molecule has 1 rings (SSSR count). The lowest BCUT2D eigenvalue weighted by molar-refractivity contribution is -0.192. The quantitative estimate of drug-likeness (QED) is 0.596. The Morgan fingerprint density at radius 1 is 1.50 bits per heavy atom. The average molecular weight is 315 g/mol. The zero-order chi connectivity index (χ0) is 16.1. The molecule has 7 nitrogen and oxygen atoms in total. The Hall–Kier alpha value is -1.75. The molecule has 0 saturated carbocycles. The van der Waals surface area contributed by atoms with Crippen LogP contribution in [0.25, 0.3) is 0 Å². The third-order valence-corrected chi connectivity index (χ3v) is 2.38. The number of hydrogen-bond donors (Lipinski definition) is 4.